The van der Waals surface area contributed by atoms with Crippen LogP contribution in [0.3, 0.4) is 0 Å². The number of nitrogens with zero attached hydrogens (tertiary/aromatic N) is 2. The van der Waals surface area contributed by atoms with Crippen LogP contribution in [-0.4, -0.2) is 9.97 Å². The van der Waals surface area contributed by atoms with Gasteiger partial charge in [-0.1, -0.05) is 36.2 Å². The lowest BCUT2D eigenvalue weighted by Gasteiger charge is -2.18. The number of hydrogen-bond donors (Lipinski definition) is 1. The molecule has 6 heteroatoms. The van der Waals surface area contributed by atoms with E-state index < -0.39 is 0 Å². The molecule has 0 amide bonds. The van der Waals surface area contributed by atoms with Crippen LogP contribution >= 0.6 is 34.5 Å². The van der Waals surface area contributed by atoms with Gasteiger partial charge in [-0.15, -0.1) is 11.3 Å². The van der Waals surface area contributed by atoms with Crippen LogP contribution in [0.1, 0.15) is 23.8 Å². The van der Waals surface area contributed by atoms with Crippen LogP contribution in [0.2, 0.25) is 10.0 Å². The molecule has 0 saturated heterocycles. The summed E-state index contributed by atoms with van der Waals surface area (Å²) in [6, 6.07) is 5.47. The number of aromatic nitrogens is 2. The Kier molecular flexibility index (Phi) is 3.92. The second-order valence-corrected chi connectivity index (χ2v) is 7.87. The molecule has 118 valence electrons. The molecule has 0 saturated carbocycles. The Hall–Kier alpha value is -1.36. The second-order valence-electron chi connectivity index (χ2n) is 5.98. The predicted octanol–water partition coefficient (Wildman–Crippen LogP) is 5.87. The summed E-state index contributed by atoms with van der Waals surface area (Å²) < 4.78 is 0. The highest BCUT2D eigenvalue weighted by Gasteiger charge is 2.23. The molecule has 2 aromatic heterocycles. The number of hydrogen-bond acceptors (Lipinski definition) is 4. The van der Waals surface area contributed by atoms with E-state index in [4.69, 9.17) is 23.2 Å². The second kappa shape index (κ2) is 5.93. The first-order chi connectivity index (χ1) is 11.1. The largest absolute Gasteiger partial charge is 0.337 e. The summed E-state index contributed by atoms with van der Waals surface area (Å²) in [7, 11) is 0. The quantitative estimate of drug-likeness (QED) is 0.618. The van der Waals surface area contributed by atoms with Crippen molar-refractivity contribution in [1.29, 1.82) is 0 Å². The zero-order chi connectivity index (χ0) is 16.0. The number of anilines is 2. The maximum atomic E-state index is 6.28. The lowest BCUT2D eigenvalue weighted by atomic mass is 9.89. The van der Waals surface area contributed by atoms with Gasteiger partial charge < -0.3 is 5.32 Å². The molecule has 0 aliphatic heterocycles. The third kappa shape index (κ3) is 2.69. The van der Waals surface area contributed by atoms with Gasteiger partial charge in [0.15, 0.2) is 0 Å². The van der Waals surface area contributed by atoms with Gasteiger partial charge in [0.25, 0.3) is 0 Å². The zero-order valence-corrected chi connectivity index (χ0v) is 14.9. The highest BCUT2D eigenvalue weighted by molar-refractivity contribution is 7.19. The minimum Gasteiger partial charge on any atom is -0.337 e. The van der Waals surface area contributed by atoms with Crippen molar-refractivity contribution >= 4 is 56.3 Å². The molecule has 0 bridgehead atoms. The molecule has 3 nitrogen and oxygen atoms in total. The van der Waals surface area contributed by atoms with Gasteiger partial charge in [-0.25, -0.2) is 9.97 Å². The van der Waals surface area contributed by atoms with E-state index in [1.807, 2.05) is 18.2 Å². The van der Waals surface area contributed by atoms with Crippen molar-refractivity contribution in [2.24, 2.45) is 5.92 Å². The molecule has 1 aliphatic carbocycles. The average molecular weight is 364 g/mol. The lowest BCUT2D eigenvalue weighted by molar-refractivity contribution is 0.509. The fourth-order valence-corrected chi connectivity index (χ4v) is 4.95. The van der Waals surface area contributed by atoms with Gasteiger partial charge in [-0.3, -0.25) is 0 Å². The van der Waals surface area contributed by atoms with Gasteiger partial charge in [0.1, 0.15) is 17.0 Å². The Morgan fingerprint density at radius 1 is 1.22 bits per heavy atom. The number of benzene rings is 1. The van der Waals surface area contributed by atoms with Gasteiger partial charge in [-0.05, 0) is 42.9 Å². The van der Waals surface area contributed by atoms with E-state index >= 15 is 0 Å². The Morgan fingerprint density at radius 3 is 2.78 bits per heavy atom. The van der Waals surface area contributed by atoms with Gasteiger partial charge >= 0.3 is 0 Å². The fraction of sp³-hybridized carbons (Fsp3) is 0.294. The van der Waals surface area contributed by atoms with E-state index in [9.17, 15) is 0 Å². The summed E-state index contributed by atoms with van der Waals surface area (Å²) in [6.45, 7) is 2.31. The molecule has 1 aliphatic rings. The minimum absolute atomic E-state index is 0.585. The summed E-state index contributed by atoms with van der Waals surface area (Å²) in [4.78, 5) is 11.4. The standard InChI is InChI=1S/C17H15Cl2N3S/c1-9-5-6-10-13(7-9)23-17-14(10)16(20-8-21-17)22-15-11(18)3-2-4-12(15)19/h2-4,8-9H,5-7H2,1H3,(H,20,21,22). The van der Waals surface area contributed by atoms with Crippen LogP contribution < -0.4 is 5.32 Å². The van der Waals surface area contributed by atoms with Crippen molar-refractivity contribution in [3.05, 3.63) is 45.0 Å². The van der Waals surface area contributed by atoms with E-state index in [2.05, 4.69) is 22.2 Å². The number of aryl methyl sites for hydroxylation is 1. The van der Waals surface area contributed by atoms with Crippen molar-refractivity contribution in [1.82, 2.24) is 9.97 Å². The normalized spacial score (nSPS) is 17.3. The SMILES string of the molecule is CC1CCc2c(sc3ncnc(Nc4c(Cl)cccc4Cl)c23)C1. The molecule has 23 heavy (non-hydrogen) atoms. The molecule has 4 rings (SSSR count). The van der Waals surface area contributed by atoms with Crippen LogP contribution in [0.25, 0.3) is 10.2 Å². The Balaban J connectivity index is 1.85. The van der Waals surface area contributed by atoms with Crippen molar-refractivity contribution in [2.45, 2.75) is 26.2 Å². The van der Waals surface area contributed by atoms with E-state index in [1.54, 1.807) is 17.7 Å². The first-order valence-electron chi connectivity index (χ1n) is 7.59. The van der Waals surface area contributed by atoms with Crippen LogP contribution in [0.4, 0.5) is 11.5 Å². The van der Waals surface area contributed by atoms with Gasteiger partial charge in [-0.2, -0.15) is 0 Å². The molecular weight excluding hydrogens is 349 g/mol. The Bertz CT molecular complexity index is 871. The topological polar surface area (TPSA) is 37.8 Å². The molecule has 1 unspecified atom stereocenters. The van der Waals surface area contributed by atoms with E-state index in [1.165, 1.54) is 16.9 Å². The van der Waals surface area contributed by atoms with Gasteiger partial charge in [0.2, 0.25) is 0 Å². The third-order valence-electron chi connectivity index (χ3n) is 4.30. The van der Waals surface area contributed by atoms with Gasteiger partial charge in [0.05, 0.1) is 21.1 Å². The molecule has 2 heterocycles. The Labute approximate surface area is 148 Å². The predicted molar refractivity (Wildman–Crippen MR) is 98.3 cm³/mol. The van der Waals surface area contributed by atoms with Crippen LogP contribution in [0, 0.1) is 5.92 Å². The monoisotopic (exact) mass is 363 g/mol. The van der Waals surface area contributed by atoms with Crippen LogP contribution in [0.15, 0.2) is 24.5 Å². The highest BCUT2D eigenvalue weighted by atomic mass is 35.5. The molecule has 0 fully saturated rings. The number of fused-ring (bicyclic) bond motifs is 3. The molecular formula is C17H15Cl2N3S. The van der Waals surface area contributed by atoms with Crippen molar-refractivity contribution < 1.29 is 0 Å². The molecule has 3 aromatic rings. The molecule has 1 N–H and O–H groups in total. The Morgan fingerprint density at radius 2 is 2.00 bits per heavy atom. The molecule has 1 aromatic carbocycles. The number of thiophene rings is 1. The molecule has 1 atom stereocenters. The maximum Gasteiger partial charge on any atom is 0.142 e. The molecule has 0 radical (unpaired) electrons. The average Bonchev–Trinajstić information content (AvgIpc) is 2.89. The smallest absolute Gasteiger partial charge is 0.142 e. The summed E-state index contributed by atoms with van der Waals surface area (Å²) in [5.41, 5.74) is 2.08. The number of para-hydroxylation sites is 1. The lowest BCUT2D eigenvalue weighted by Crippen LogP contribution is -2.09. The van der Waals surface area contributed by atoms with Crippen LogP contribution in [-0.2, 0) is 12.8 Å². The fourth-order valence-electron chi connectivity index (χ4n) is 3.11. The summed E-state index contributed by atoms with van der Waals surface area (Å²) in [5, 5.41) is 5.61. The van der Waals surface area contributed by atoms with E-state index in [0.717, 1.165) is 34.8 Å². The minimum atomic E-state index is 0.585. The summed E-state index contributed by atoms with van der Waals surface area (Å²) in [6.07, 6.45) is 5.01. The molecule has 0 spiro atoms. The first kappa shape index (κ1) is 15.2. The highest BCUT2D eigenvalue weighted by Crippen LogP contribution is 2.41. The van der Waals surface area contributed by atoms with E-state index in [-0.39, 0.29) is 0 Å². The number of nitrogens with one attached hydrogen (secondary N) is 1. The van der Waals surface area contributed by atoms with Gasteiger partial charge in [0, 0.05) is 4.88 Å². The summed E-state index contributed by atoms with van der Waals surface area (Å²) >= 11 is 14.3. The zero-order valence-electron chi connectivity index (χ0n) is 12.6. The van der Waals surface area contributed by atoms with E-state index in [0.29, 0.717) is 15.7 Å². The number of halogens is 2. The third-order valence-corrected chi connectivity index (χ3v) is 6.09. The number of rotatable bonds is 2. The maximum absolute atomic E-state index is 6.28. The van der Waals surface area contributed by atoms with Crippen LogP contribution in [0.5, 0.6) is 0 Å². The van der Waals surface area contributed by atoms with Crippen molar-refractivity contribution in [2.75, 3.05) is 5.32 Å². The first-order valence-corrected chi connectivity index (χ1v) is 9.17. The van der Waals surface area contributed by atoms with Crippen molar-refractivity contribution in [3.63, 3.8) is 0 Å². The summed E-state index contributed by atoms with van der Waals surface area (Å²) in [5.74, 6) is 1.52. The van der Waals surface area contributed by atoms with Crippen molar-refractivity contribution in [3.8, 4) is 0 Å².